The maximum atomic E-state index is 12.7. The van der Waals surface area contributed by atoms with Crippen molar-refractivity contribution in [3.8, 4) is 0 Å². The SMILES string of the molecule is CCc1cccc2sc(N3CCN(C(=O)c4ccc(Br)cc4)CC3)nc12. The Balaban J connectivity index is 1.46. The monoisotopic (exact) mass is 429 g/mol. The highest BCUT2D eigenvalue weighted by atomic mass is 79.9. The predicted molar refractivity (Wildman–Crippen MR) is 111 cm³/mol. The van der Waals surface area contributed by atoms with Gasteiger partial charge in [0, 0.05) is 36.2 Å². The standard InChI is InChI=1S/C20H20BrN3OS/c1-2-14-4-3-5-17-18(14)22-20(26-17)24-12-10-23(11-13-24)19(25)15-6-8-16(21)9-7-15/h3-9H,2,10-13H2,1H3. The summed E-state index contributed by atoms with van der Waals surface area (Å²) in [5.41, 5.74) is 3.17. The van der Waals surface area contributed by atoms with E-state index in [4.69, 9.17) is 4.98 Å². The zero-order valence-electron chi connectivity index (χ0n) is 14.6. The number of thiazole rings is 1. The van der Waals surface area contributed by atoms with Crippen molar-refractivity contribution in [3.63, 3.8) is 0 Å². The summed E-state index contributed by atoms with van der Waals surface area (Å²) in [4.78, 5) is 21.8. The molecule has 1 aliphatic heterocycles. The minimum Gasteiger partial charge on any atom is -0.345 e. The van der Waals surface area contributed by atoms with Crippen LogP contribution in [0.2, 0.25) is 0 Å². The first-order valence-electron chi connectivity index (χ1n) is 8.84. The predicted octanol–water partition coefficient (Wildman–Crippen LogP) is 4.58. The maximum Gasteiger partial charge on any atom is 0.253 e. The van der Waals surface area contributed by atoms with Gasteiger partial charge in [0.2, 0.25) is 0 Å². The van der Waals surface area contributed by atoms with Crippen LogP contribution in [0, 0.1) is 0 Å². The number of carbonyl (C=O) groups is 1. The van der Waals surface area contributed by atoms with Crippen molar-refractivity contribution in [1.29, 1.82) is 0 Å². The van der Waals surface area contributed by atoms with Crippen LogP contribution in [-0.2, 0) is 6.42 Å². The Morgan fingerprint density at radius 3 is 2.54 bits per heavy atom. The molecule has 2 aromatic carbocycles. The number of nitrogens with zero attached hydrogens (tertiary/aromatic N) is 3. The highest BCUT2D eigenvalue weighted by molar-refractivity contribution is 9.10. The molecule has 6 heteroatoms. The molecule has 0 N–H and O–H groups in total. The topological polar surface area (TPSA) is 36.4 Å². The molecule has 4 rings (SSSR count). The number of aromatic nitrogens is 1. The van der Waals surface area contributed by atoms with Crippen LogP contribution in [0.5, 0.6) is 0 Å². The molecule has 0 unspecified atom stereocenters. The van der Waals surface area contributed by atoms with Crippen molar-refractivity contribution in [2.24, 2.45) is 0 Å². The molecule has 0 radical (unpaired) electrons. The first-order chi connectivity index (χ1) is 12.7. The molecule has 1 aliphatic rings. The van der Waals surface area contributed by atoms with Crippen molar-refractivity contribution in [2.75, 3.05) is 31.1 Å². The van der Waals surface area contributed by atoms with Crippen LogP contribution in [-0.4, -0.2) is 42.0 Å². The summed E-state index contributed by atoms with van der Waals surface area (Å²) in [7, 11) is 0. The lowest BCUT2D eigenvalue weighted by Gasteiger charge is -2.34. The van der Waals surface area contributed by atoms with E-state index in [0.29, 0.717) is 0 Å². The second kappa shape index (κ2) is 7.37. The van der Waals surface area contributed by atoms with Crippen LogP contribution < -0.4 is 4.90 Å². The molecule has 1 aromatic heterocycles. The fourth-order valence-electron chi connectivity index (χ4n) is 3.29. The van der Waals surface area contributed by atoms with E-state index in [1.54, 1.807) is 11.3 Å². The van der Waals surface area contributed by atoms with Gasteiger partial charge in [-0.25, -0.2) is 4.98 Å². The molecule has 0 atom stereocenters. The molecule has 1 saturated heterocycles. The molecule has 26 heavy (non-hydrogen) atoms. The second-order valence-electron chi connectivity index (χ2n) is 6.40. The van der Waals surface area contributed by atoms with Gasteiger partial charge >= 0.3 is 0 Å². The molecule has 4 nitrogen and oxygen atoms in total. The summed E-state index contributed by atoms with van der Waals surface area (Å²) in [6.45, 7) is 5.27. The number of aryl methyl sites for hydroxylation is 1. The molecule has 0 aliphatic carbocycles. The number of amides is 1. The Bertz CT molecular complexity index is 930. The van der Waals surface area contributed by atoms with E-state index in [9.17, 15) is 4.79 Å². The average Bonchev–Trinajstić information content (AvgIpc) is 3.12. The molecule has 3 aromatic rings. The summed E-state index contributed by atoms with van der Waals surface area (Å²) >= 11 is 5.16. The number of hydrogen-bond acceptors (Lipinski definition) is 4. The minimum absolute atomic E-state index is 0.106. The van der Waals surface area contributed by atoms with Crippen LogP contribution in [0.4, 0.5) is 5.13 Å². The van der Waals surface area contributed by atoms with E-state index in [0.717, 1.165) is 53.3 Å². The fraction of sp³-hybridized carbons (Fsp3) is 0.300. The molecular weight excluding hydrogens is 410 g/mol. The van der Waals surface area contributed by atoms with E-state index in [2.05, 4.69) is 46.0 Å². The van der Waals surface area contributed by atoms with E-state index in [-0.39, 0.29) is 5.91 Å². The third-order valence-corrected chi connectivity index (χ3v) is 6.41. The molecule has 0 spiro atoms. The van der Waals surface area contributed by atoms with Crippen LogP contribution in [0.1, 0.15) is 22.8 Å². The third kappa shape index (κ3) is 3.35. The number of rotatable bonds is 3. The van der Waals surface area contributed by atoms with Gasteiger partial charge < -0.3 is 9.80 Å². The number of piperazine rings is 1. The number of hydrogen-bond donors (Lipinski definition) is 0. The third-order valence-electron chi connectivity index (χ3n) is 4.80. The van der Waals surface area contributed by atoms with Crippen molar-refractivity contribution in [1.82, 2.24) is 9.88 Å². The molecule has 2 heterocycles. The first-order valence-corrected chi connectivity index (χ1v) is 10.4. The lowest BCUT2D eigenvalue weighted by atomic mass is 10.1. The fourth-order valence-corrected chi connectivity index (χ4v) is 4.62. The Morgan fingerprint density at radius 1 is 1.12 bits per heavy atom. The van der Waals surface area contributed by atoms with E-state index >= 15 is 0 Å². The zero-order chi connectivity index (χ0) is 18.1. The van der Waals surface area contributed by atoms with E-state index in [1.165, 1.54) is 10.3 Å². The Hall–Kier alpha value is -1.92. The summed E-state index contributed by atoms with van der Waals surface area (Å²) in [5, 5.41) is 1.07. The quantitative estimate of drug-likeness (QED) is 0.610. The molecule has 0 saturated carbocycles. The Labute approximate surface area is 165 Å². The summed E-state index contributed by atoms with van der Waals surface area (Å²) in [6.07, 6.45) is 0.996. The van der Waals surface area contributed by atoms with Crippen molar-refractivity contribution in [3.05, 3.63) is 58.1 Å². The van der Waals surface area contributed by atoms with Gasteiger partial charge in [-0.2, -0.15) is 0 Å². The number of benzene rings is 2. The molecule has 1 amide bonds. The molecule has 1 fully saturated rings. The number of halogens is 1. The smallest absolute Gasteiger partial charge is 0.253 e. The lowest BCUT2D eigenvalue weighted by Crippen LogP contribution is -2.48. The number of fused-ring (bicyclic) bond motifs is 1. The largest absolute Gasteiger partial charge is 0.345 e. The summed E-state index contributed by atoms with van der Waals surface area (Å²) < 4.78 is 2.23. The van der Waals surface area contributed by atoms with Gasteiger partial charge in [0.05, 0.1) is 10.2 Å². The van der Waals surface area contributed by atoms with Crippen LogP contribution in [0.3, 0.4) is 0 Å². The number of para-hydroxylation sites is 1. The number of carbonyl (C=O) groups excluding carboxylic acids is 1. The second-order valence-corrected chi connectivity index (χ2v) is 8.32. The summed E-state index contributed by atoms with van der Waals surface area (Å²) in [6, 6.07) is 14.0. The molecule has 0 bridgehead atoms. The van der Waals surface area contributed by atoms with Crippen molar-refractivity contribution in [2.45, 2.75) is 13.3 Å². The van der Waals surface area contributed by atoms with Crippen LogP contribution in [0.15, 0.2) is 46.9 Å². The normalized spacial score (nSPS) is 14.8. The minimum atomic E-state index is 0.106. The first kappa shape index (κ1) is 17.5. The highest BCUT2D eigenvalue weighted by Crippen LogP contribution is 2.31. The Kier molecular flexibility index (Phi) is 4.96. The van der Waals surface area contributed by atoms with Gasteiger partial charge in [-0.05, 0) is 42.3 Å². The van der Waals surface area contributed by atoms with Gasteiger partial charge in [0.25, 0.3) is 5.91 Å². The van der Waals surface area contributed by atoms with Gasteiger partial charge in [-0.3, -0.25) is 4.79 Å². The van der Waals surface area contributed by atoms with Gasteiger partial charge in [0.1, 0.15) is 0 Å². The molecular formula is C20H20BrN3OS. The van der Waals surface area contributed by atoms with Crippen molar-refractivity contribution < 1.29 is 4.79 Å². The summed E-state index contributed by atoms with van der Waals surface area (Å²) in [5.74, 6) is 0.106. The highest BCUT2D eigenvalue weighted by Gasteiger charge is 2.24. The zero-order valence-corrected chi connectivity index (χ0v) is 17.0. The van der Waals surface area contributed by atoms with E-state index in [1.807, 2.05) is 29.2 Å². The number of anilines is 1. The average molecular weight is 430 g/mol. The van der Waals surface area contributed by atoms with E-state index < -0.39 is 0 Å². The lowest BCUT2D eigenvalue weighted by molar-refractivity contribution is 0.0747. The molecule has 134 valence electrons. The van der Waals surface area contributed by atoms with Crippen LogP contribution in [0.25, 0.3) is 10.2 Å². The van der Waals surface area contributed by atoms with Gasteiger partial charge in [-0.1, -0.05) is 46.3 Å². The van der Waals surface area contributed by atoms with Gasteiger partial charge in [0.15, 0.2) is 5.13 Å². The maximum absolute atomic E-state index is 12.7. The van der Waals surface area contributed by atoms with Gasteiger partial charge in [-0.15, -0.1) is 0 Å². The Morgan fingerprint density at radius 2 is 1.85 bits per heavy atom. The van der Waals surface area contributed by atoms with Crippen LogP contribution >= 0.6 is 27.3 Å². The van der Waals surface area contributed by atoms with Crippen molar-refractivity contribution >= 4 is 48.5 Å².